The van der Waals surface area contributed by atoms with Crippen molar-refractivity contribution in [2.24, 2.45) is 0 Å². The van der Waals surface area contributed by atoms with E-state index in [0.717, 1.165) is 16.8 Å². The van der Waals surface area contributed by atoms with Crippen LogP contribution in [0, 0.1) is 4.77 Å². The summed E-state index contributed by atoms with van der Waals surface area (Å²) in [4.78, 5) is 15.5. The Morgan fingerprint density at radius 3 is 2.48 bits per heavy atom. The second-order valence-corrected chi connectivity index (χ2v) is 5.97. The first-order valence-electron chi connectivity index (χ1n) is 7.90. The van der Waals surface area contributed by atoms with Gasteiger partial charge in [0.15, 0.2) is 4.77 Å². The van der Waals surface area contributed by atoms with Crippen molar-refractivity contribution in [2.45, 2.75) is 13.2 Å². The minimum absolute atomic E-state index is 0.183. The fraction of sp³-hybridized carbons (Fsp3) is 0.158. The molecule has 6 heteroatoms. The SMILES string of the molecule is COCc1ccc(CNC(=O)c2c[nH]c(=S)n2-c2ccccc2)cc1. The molecule has 1 heterocycles. The number of aromatic amines is 1. The van der Waals surface area contributed by atoms with Crippen LogP contribution in [-0.2, 0) is 17.9 Å². The number of para-hydroxylation sites is 1. The first-order valence-corrected chi connectivity index (χ1v) is 8.30. The highest BCUT2D eigenvalue weighted by molar-refractivity contribution is 7.71. The van der Waals surface area contributed by atoms with Crippen molar-refractivity contribution in [3.63, 3.8) is 0 Å². The minimum Gasteiger partial charge on any atom is -0.380 e. The summed E-state index contributed by atoms with van der Waals surface area (Å²) in [5.74, 6) is -0.183. The first kappa shape index (κ1) is 17.1. The van der Waals surface area contributed by atoms with Gasteiger partial charge in [-0.3, -0.25) is 9.36 Å². The van der Waals surface area contributed by atoms with E-state index in [9.17, 15) is 4.79 Å². The molecule has 3 rings (SSSR count). The monoisotopic (exact) mass is 353 g/mol. The Morgan fingerprint density at radius 2 is 1.80 bits per heavy atom. The number of benzene rings is 2. The van der Waals surface area contributed by atoms with Crippen LogP contribution in [0.15, 0.2) is 60.8 Å². The standard InChI is InChI=1S/C19H19N3O2S/c1-24-13-15-9-7-14(8-10-15)11-20-18(23)17-12-21-19(25)22(17)16-5-3-2-4-6-16/h2-10,12H,11,13H2,1H3,(H,20,23)(H,21,25). The lowest BCUT2D eigenvalue weighted by molar-refractivity contribution is 0.0944. The van der Waals surface area contributed by atoms with Crippen molar-refractivity contribution in [3.8, 4) is 5.69 Å². The predicted octanol–water partition coefficient (Wildman–Crippen LogP) is 3.61. The van der Waals surface area contributed by atoms with Gasteiger partial charge in [0.2, 0.25) is 0 Å². The van der Waals surface area contributed by atoms with E-state index in [4.69, 9.17) is 17.0 Å². The summed E-state index contributed by atoms with van der Waals surface area (Å²) in [6.45, 7) is 1.02. The molecular formula is C19H19N3O2S. The van der Waals surface area contributed by atoms with Crippen LogP contribution in [0.4, 0.5) is 0 Å². The zero-order valence-corrected chi connectivity index (χ0v) is 14.7. The Kier molecular flexibility index (Phi) is 5.42. The number of H-pyrrole nitrogens is 1. The average molecular weight is 353 g/mol. The number of methoxy groups -OCH3 is 1. The van der Waals surface area contributed by atoms with Crippen LogP contribution in [0.1, 0.15) is 21.6 Å². The van der Waals surface area contributed by atoms with Gasteiger partial charge in [0.05, 0.1) is 6.61 Å². The van der Waals surface area contributed by atoms with E-state index in [1.165, 1.54) is 0 Å². The van der Waals surface area contributed by atoms with E-state index in [0.29, 0.717) is 23.6 Å². The maximum absolute atomic E-state index is 12.6. The Labute approximate surface area is 151 Å². The van der Waals surface area contributed by atoms with Crippen LogP contribution < -0.4 is 5.32 Å². The topological polar surface area (TPSA) is 59.0 Å². The predicted molar refractivity (Wildman–Crippen MR) is 99.3 cm³/mol. The highest BCUT2D eigenvalue weighted by atomic mass is 32.1. The molecule has 0 fully saturated rings. The molecule has 2 aromatic carbocycles. The number of carbonyl (C=O) groups excluding carboxylic acids is 1. The number of carbonyl (C=O) groups is 1. The highest BCUT2D eigenvalue weighted by Crippen LogP contribution is 2.13. The number of hydrogen-bond acceptors (Lipinski definition) is 3. The zero-order valence-electron chi connectivity index (χ0n) is 13.9. The number of ether oxygens (including phenoxy) is 1. The molecule has 25 heavy (non-hydrogen) atoms. The summed E-state index contributed by atoms with van der Waals surface area (Å²) in [6, 6.07) is 17.5. The quantitative estimate of drug-likeness (QED) is 0.666. The molecule has 1 amide bonds. The molecule has 3 aromatic rings. The van der Waals surface area contributed by atoms with Crippen LogP contribution in [0.2, 0.25) is 0 Å². The average Bonchev–Trinajstić information content (AvgIpc) is 3.03. The van der Waals surface area contributed by atoms with E-state index in [1.54, 1.807) is 17.9 Å². The molecule has 0 radical (unpaired) electrons. The third kappa shape index (κ3) is 4.04. The largest absolute Gasteiger partial charge is 0.380 e. The molecule has 0 saturated carbocycles. The molecule has 0 spiro atoms. The van der Waals surface area contributed by atoms with Gasteiger partial charge in [0.1, 0.15) is 5.69 Å². The lowest BCUT2D eigenvalue weighted by Crippen LogP contribution is -2.25. The molecular weight excluding hydrogens is 334 g/mol. The lowest BCUT2D eigenvalue weighted by atomic mass is 10.1. The molecule has 0 aliphatic heterocycles. The minimum atomic E-state index is -0.183. The van der Waals surface area contributed by atoms with Crippen molar-refractivity contribution in [3.05, 3.63) is 82.4 Å². The number of rotatable bonds is 6. The Hall–Kier alpha value is -2.70. The van der Waals surface area contributed by atoms with Crippen molar-refractivity contribution in [1.82, 2.24) is 14.9 Å². The molecule has 128 valence electrons. The van der Waals surface area contributed by atoms with E-state index in [-0.39, 0.29) is 5.91 Å². The normalized spacial score (nSPS) is 10.6. The van der Waals surface area contributed by atoms with Gasteiger partial charge < -0.3 is 15.0 Å². The van der Waals surface area contributed by atoms with Gasteiger partial charge >= 0.3 is 0 Å². The first-order chi connectivity index (χ1) is 12.2. The maximum Gasteiger partial charge on any atom is 0.270 e. The molecule has 2 N–H and O–H groups in total. The molecule has 1 aromatic heterocycles. The van der Waals surface area contributed by atoms with Gasteiger partial charge in [-0.15, -0.1) is 0 Å². The number of amides is 1. The van der Waals surface area contributed by atoms with Crippen LogP contribution in [-0.4, -0.2) is 22.6 Å². The summed E-state index contributed by atoms with van der Waals surface area (Å²) >= 11 is 5.31. The van der Waals surface area contributed by atoms with Crippen molar-refractivity contribution in [1.29, 1.82) is 0 Å². The van der Waals surface area contributed by atoms with Crippen molar-refractivity contribution >= 4 is 18.1 Å². The van der Waals surface area contributed by atoms with Crippen LogP contribution in [0.25, 0.3) is 5.69 Å². The van der Waals surface area contributed by atoms with Gasteiger partial charge in [-0.25, -0.2) is 0 Å². The Balaban J connectivity index is 1.73. The van der Waals surface area contributed by atoms with Crippen LogP contribution in [0.5, 0.6) is 0 Å². The molecule has 0 unspecified atom stereocenters. The van der Waals surface area contributed by atoms with Gasteiger partial charge in [-0.2, -0.15) is 0 Å². The number of imidazole rings is 1. The van der Waals surface area contributed by atoms with Crippen LogP contribution >= 0.6 is 12.2 Å². The highest BCUT2D eigenvalue weighted by Gasteiger charge is 2.13. The Bertz CT molecular complexity index is 898. The fourth-order valence-electron chi connectivity index (χ4n) is 2.56. The second-order valence-electron chi connectivity index (χ2n) is 5.58. The van der Waals surface area contributed by atoms with E-state index in [1.807, 2.05) is 54.6 Å². The van der Waals surface area contributed by atoms with E-state index in [2.05, 4.69) is 10.3 Å². The number of aromatic nitrogens is 2. The van der Waals surface area contributed by atoms with Gasteiger partial charge in [-0.05, 0) is 35.5 Å². The summed E-state index contributed by atoms with van der Waals surface area (Å²) in [6.07, 6.45) is 1.63. The smallest absolute Gasteiger partial charge is 0.270 e. The van der Waals surface area contributed by atoms with Crippen molar-refractivity contribution in [2.75, 3.05) is 7.11 Å². The lowest BCUT2D eigenvalue weighted by Gasteiger charge is -2.09. The van der Waals surface area contributed by atoms with Crippen LogP contribution in [0.3, 0.4) is 0 Å². The summed E-state index contributed by atoms with van der Waals surface area (Å²) in [5, 5.41) is 2.93. The van der Waals surface area contributed by atoms with E-state index >= 15 is 0 Å². The third-order valence-electron chi connectivity index (χ3n) is 3.81. The number of nitrogens with zero attached hydrogens (tertiary/aromatic N) is 1. The molecule has 0 bridgehead atoms. The molecule has 0 aliphatic rings. The van der Waals surface area contributed by atoms with Crippen molar-refractivity contribution < 1.29 is 9.53 Å². The van der Waals surface area contributed by atoms with E-state index < -0.39 is 0 Å². The van der Waals surface area contributed by atoms with Gasteiger partial charge in [0, 0.05) is 25.5 Å². The molecule has 0 atom stereocenters. The number of hydrogen-bond donors (Lipinski definition) is 2. The third-order valence-corrected chi connectivity index (χ3v) is 4.11. The number of nitrogens with one attached hydrogen (secondary N) is 2. The molecule has 0 aliphatic carbocycles. The maximum atomic E-state index is 12.6. The summed E-state index contributed by atoms with van der Waals surface area (Å²) in [5.41, 5.74) is 3.45. The molecule has 5 nitrogen and oxygen atoms in total. The summed E-state index contributed by atoms with van der Waals surface area (Å²) in [7, 11) is 1.67. The second kappa shape index (κ2) is 7.92. The molecule has 0 saturated heterocycles. The van der Waals surface area contributed by atoms with Gasteiger partial charge in [-0.1, -0.05) is 42.5 Å². The van der Waals surface area contributed by atoms with Gasteiger partial charge in [0.25, 0.3) is 5.91 Å². The fourth-order valence-corrected chi connectivity index (χ4v) is 2.82. The summed E-state index contributed by atoms with van der Waals surface area (Å²) < 4.78 is 7.31. The Morgan fingerprint density at radius 1 is 1.12 bits per heavy atom. The zero-order chi connectivity index (χ0) is 17.6.